The van der Waals surface area contributed by atoms with Crippen LogP contribution in [0.4, 0.5) is 13.2 Å². The highest BCUT2D eigenvalue weighted by molar-refractivity contribution is 6.62. The van der Waals surface area contributed by atoms with E-state index in [4.69, 9.17) is 14.0 Å². The second-order valence-electron chi connectivity index (χ2n) is 9.58. The van der Waals surface area contributed by atoms with Gasteiger partial charge in [0.25, 0.3) is 0 Å². The van der Waals surface area contributed by atoms with Crippen LogP contribution in [-0.4, -0.2) is 48.5 Å². The molecular weight excluding hydrogens is 428 g/mol. The smallest absolute Gasteiger partial charge is 0.493 e. The van der Waals surface area contributed by atoms with Crippen LogP contribution in [0.25, 0.3) is 0 Å². The van der Waals surface area contributed by atoms with Crippen LogP contribution < -0.4 is 20.8 Å². The van der Waals surface area contributed by atoms with E-state index in [9.17, 15) is 22.8 Å². The first-order chi connectivity index (χ1) is 14.7. The van der Waals surface area contributed by atoms with Crippen molar-refractivity contribution in [3.8, 4) is 5.75 Å². The Morgan fingerprint density at radius 3 is 2.28 bits per heavy atom. The molecule has 3 aliphatic rings. The highest BCUT2D eigenvalue weighted by atomic mass is 19.4. The fraction of sp³-hybridized carbons (Fsp3) is 0.619. The fourth-order valence-corrected chi connectivity index (χ4v) is 3.80. The monoisotopic (exact) mass is 454 g/mol. The molecular formula is C21H26BF3N2O5. The molecule has 1 aromatic carbocycles. The van der Waals surface area contributed by atoms with Gasteiger partial charge in [-0.1, -0.05) is 12.1 Å². The number of carbonyl (C=O) groups excluding carboxylic acids is 2. The lowest BCUT2D eigenvalue weighted by atomic mass is 9.78. The number of hydrogen-bond acceptors (Lipinski definition) is 5. The highest BCUT2D eigenvalue weighted by Gasteiger charge is 2.55. The van der Waals surface area contributed by atoms with Crippen molar-refractivity contribution in [2.75, 3.05) is 6.61 Å². The van der Waals surface area contributed by atoms with Crippen LogP contribution in [0.3, 0.4) is 0 Å². The molecule has 1 atom stereocenters. The number of rotatable bonds is 4. The maximum absolute atomic E-state index is 12.7. The third-order valence-corrected chi connectivity index (χ3v) is 6.70. The normalized spacial score (nSPS) is 24.8. The Labute approximate surface area is 184 Å². The Balaban J connectivity index is 1.48. The summed E-state index contributed by atoms with van der Waals surface area (Å²) in [4.78, 5) is 24.0. The van der Waals surface area contributed by atoms with E-state index in [-0.39, 0.29) is 12.8 Å². The molecule has 0 aromatic heterocycles. The Kier molecular flexibility index (Phi) is 5.28. The number of alkyl halides is 3. The molecule has 0 bridgehead atoms. The summed E-state index contributed by atoms with van der Waals surface area (Å²) in [7, 11) is -0.573. The standard InChI is InChI=1S/C21H26BF3N2O5/c1-18(2)19(3,4)32-22(31-18)12-5-6-13-14(7-10-30-15(13)11-12)26-16(28)20(8-9-20)27-17(29)21(23,24)25/h5-6,11,14H,7-10H2,1-4H3,(H,26,28)(H,27,29). The number of halogens is 3. The summed E-state index contributed by atoms with van der Waals surface area (Å²) in [6.07, 6.45) is -4.25. The highest BCUT2D eigenvalue weighted by Crippen LogP contribution is 2.40. The van der Waals surface area contributed by atoms with Crippen LogP contribution in [0.2, 0.25) is 0 Å². The molecule has 32 heavy (non-hydrogen) atoms. The quantitative estimate of drug-likeness (QED) is 0.682. The second kappa shape index (κ2) is 7.38. The van der Waals surface area contributed by atoms with Gasteiger partial charge in [-0.25, -0.2) is 0 Å². The molecule has 1 aromatic rings. The Hall–Kier alpha value is -2.27. The van der Waals surface area contributed by atoms with Crippen molar-refractivity contribution in [2.45, 2.75) is 75.9 Å². The summed E-state index contributed by atoms with van der Waals surface area (Å²) in [6.45, 7) is 8.15. The Morgan fingerprint density at radius 2 is 1.72 bits per heavy atom. The first-order valence-electron chi connectivity index (χ1n) is 10.6. The molecule has 2 N–H and O–H groups in total. The molecule has 2 aliphatic heterocycles. The Morgan fingerprint density at radius 1 is 1.09 bits per heavy atom. The number of hydrogen-bond donors (Lipinski definition) is 2. The van der Waals surface area contributed by atoms with E-state index in [0.717, 1.165) is 5.46 Å². The topological polar surface area (TPSA) is 85.9 Å². The average molecular weight is 454 g/mol. The van der Waals surface area contributed by atoms with Gasteiger partial charge in [0, 0.05) is 12.0 Å². The summed E-state index contributed by atoms with van der Waals surface area (Å²) in [5, 5.41) is 4.63. The van der Waals surface area contributed by atoms with Crippen molar-refractivity contribution >= 4 is 24.4 Å². The van der Waals surface area contributed by atoms with Gasteiger partial charge in [0.15, 0.2) is 0 Å². The van der Waals surface area contributed by atoms with Crippen molar-refractivity contribution in [3.63, 3.8) is 0 Å². The van der Waals surface area contributed by atoms with Gasteiger partial charge in [0.2, 0.25) is 5.91 Å². The molecule has 2 fully saturated rings. The summed E-state index contributed by atoms with van der Waals surface area (Å²) in [5.74, 6) is -2.18. The lowest BCUT2D eigenvalue weighted by Gasteiger charge is -2.32. The van der Waals surface area contributed by atoms with Crippen molar-refractivity contribution in [3.05, 3.63) is 23.8 Å². The summed E-state index contributed by atoms with van der Waals surface area (Å²) in [5.41, 5.74) is -1.02. The maximum atomic E-state index is 12.7. The van der Waals surface area contributed by atoms with Gasteiger partial charge >= 0.3 is 19.2 Å². The summed E-state index contributed by atoms with van der Waals surface area (Å²) >= 11 is 0. The van der Waals surface area contributed by atoms with Gasteiger partial charge < -0.3 is 24.7 Å². The minimum absolute atomic E-state index is 0.164. The molecule has 1 unspecified atom stereocenters. The van der Waals surface area contributed by atoms with Gasteiger partial charge in [-0.15, -0.1) is 0 Å². The molecule has 0 spiro atoms. The second-order valence-corrected chi connectivity index (χ2v) is 9.58. The van der Waals surface area contributed by atoms with Crippen LogP contribution in [0.5, 0.6) is 5.75 Å². The number of ether oxygens (including phenoxy) is 1. The number of nitrogens with one attached hydrogen (secondary N) is 2. The van der Waals surface area contributed by atoms with E-state index in [1.165, 1.54) is 0 Å². The minimum Gasteiger partial charge on any atom is -0.493 e. The molecule has 1 saturated heterocycles. The zero-order valence-electron chi connectivity index (χ0n) is 18.4. The van der Waals surface area contributed by atoms with Crippen LogP contribution in [0.1, 0.15) is 58.6 Å². The number of benzene rings is 1. The molecule has 7 nitrogen and oxygen atoms in total. The van der Waals surface area contributed by atoms with Crippen molar-refractivity contribution in [1.82, 2.24) is 10.6 Å². The minimum atomic E-state index is -5.04. The maximum Gasteiger partial charge on any atom is 0.494 e. The van der Waals surface area contributed by atoms with Crippen molar-refractivity contribution < 1.29 is 36.8 Å². The predicted octanol–water partition coefficient (Wildman–Crippen LogP) is 2.14. The van der Waals surface area contributed by atoms with Crippen LogP contribution >= 0.6 is 0 Å². The molecule has 1 saturated carbocycles. The van der Waals surface area contributed by atoms with E-state index in [1.807, 2.05) is 39.1 Å². The van der Waals surface area contributed by atoms with Crippen LogP contribution in [0, 0.1) is 0 Å². The molecule has 174 valence electrons. The van der Waals surface area contributed by atoms with Crippen molar-refractivity contribution in [2.24, 2.45) is 0 Å². The lowest BCUT2D eigenvalue weighted by Crippen LogP contribution is -2.53. The van der Waals surface area contributed by atoms with E-state index >= 15 is 0 Å². The summed E-state index contributed by atoms with van der Waals surface area (Å²) < 4.78 is 55.7. The van der Waals surface area contributed by atoms with E-state index < -0.39 is 47.9 Å². The van der Waals surface area contributed by atoms with E-state index in [2.05, 4.69) is 5.32 Å². The zero-order chi connectivity index (χ0) is 23.5. The lowest BCUT2D eigenvalue weighted by molar-refractivity contribution is -0.175. The average Bonchev–Trinajstić information content (AvgIpc) is 3.42. The van der Waals surface area contributed by atoms with E-state index in [1.54, 1.807) is 12.1 Å². The van der Waals surface area contributed by atoms with Gasteiger partial charge in [-0.05, 0) is 52.1 Å². The first-order valence-corrected chi connectivity index (χ1v) is 10.6. The number of fused-ring (bicyclic) bond motifs is 1. The number of carbonyl (C=O) groups is 2. The Bertz CT molecular complexity index is 930. The predicted molar refractivity (Wildman–Crippen MR) is 109 cm³/mol. The third-order valence-electron chi connectivity index (χ3n) is 6.70. The van der Waals surface area contributed by atoms with Gasteiger partial charge in [0.1, 0.15) is 11.3 Å². The number of amides is 2. The van der Waals surface area contributed by atoms with E-state index in [0.29, 0.717) is 24.3 Å². The molecule has 1 aliphatic carbocycles. The molecule has 2 heterocycles. The molecule has 0 radical (unpaired) electrons. The van der Waals surface area contributed by atoms with Gasteiger partial charge in [-0.2, -0.15) is 13.2 Å². The largest absolute Gasteiger partial charge is 0.494 e. The zero-order valence-corrected chi connectivity index (χ0v) is 18.4. The molecule has 11 heteroatoms. The van der Waals surface area contributed by atoms with Crippen LogP contribution in [0.15, 0.2) is 18.2 Å². The van der Waals surface area contributed by atoms with Gasteiger partial charge in [-0.3, -0.25) is 9.59 Å². The summed E-state index contributed by atoms with van der Waals surface area (Å²) in [6, 6.07) is 4.98. The van der Waals surface area contributed by atoms with Crippen LogP contribution in [-0.2, 0) is 18.9 Å². The SMILES string of the molecule is CC1(C)OB(c2ccc3c(c2)OCCC3NC(=O)C2(NC(=O)C(F)(F)F)CC2)OC1(C)C. The van der Waals surface area contributed by atoms with Gasteiger partial charge in [0.05, 0.1) is 23.9 Å². The third kappa shape index (κ3) is 4.08. The fourth-order valence-electron chi connectivity index (χ4n) is 3.80. The first kappa shape index (κ1) is 22.9. The molecule has 4 rings (SSSR count). The molecule has 2 amide bonds. The van der Waals surface area contributed by atoms with Crippen molar-refractivity contribution in [1.29, 1.82) is 0 Å².